The lowest BCUT2D eigenvalue weighted by molar-refractivity contribution is 0.272. The molecule has 0 bridgehead atoms. The molecule has 4 nitrogen and oxygen atoms in total. The Hall–Kier alpha value is 0.350. The molecule has 86 valence electrons. The molecule has 0 radical (unpaired) electrons. The molecule has 0 saturated heterocycles. The molecule has 0 aliphatic rings. The predicted octanol–water partition coefficient (Wildman–Crippen LogP) is 0.941. The molecule has 0 aromatic carbocycles. The van der Waals surface area contributed by atoms with Gasteiger partial charge in [-0.3, -0.25) is 0 Å². The summed E-state index contributed by atoms with van der Waals surface area (Å²) < 4.78 is 24.7. The molecule has 6 heteroatoms. The third-order valence-corrected chi connectivity index (χ3v) is 5.27. The standard InChI is InChI=1S/C8H19BrN2O2S/c1-5-11(14(12,13)7-9)8(2)6-10(3)4/h8H,5-7H2,1-4H3. The van der Waals surface area contributed by atoms with Crippen molar-refractivity contribution in [3.05, 3.63) is 0 Å². The first-order valence-electron chi connectivity index (χ1n) is 4.55. The first-order valence-corrected chi connectivity index (χ1v) is 7.28. The van der Waals surface area contributed by atoms with Crippen LogP contribution in [0.4, 0.5) is 0 Å². The Morgan fingerprint density at radius 3 is 2.14 bits per heavy atom. The highest BCUT2D eigenvalue weighted by Gasteiger charge is 2.24. The average molecular weight is 287 g/mol. The van der Waals surface area contributed by atoms with Crippen LogP contribution >= 0.6 is 15.9 Å². The summed E-state index contributed by atoms with van der Waals surface area (Å²) in [6, 6.07) is 0.0116. The van der Waals surface area contributed by atoms with Crippen LogP contribution in [0.15, 0.2) is 0 Å². The Kier molecular flexibility index (Phi) is 6.20. The highest BCUT2D eigenvalue weighted by atomic mass is 79.9. The summed E-state index contributed by atoms with van der Waals surface area (Å²) in [6.07, 6.45) is 0. The van der Waals surface area contributed by atoms with Crippen LogP contribution in [-0.4, -0.2) is 55.5 Å². The van der Waals surface area contributed by atoms with E-state index in [1.54, 1.807) is 0 Å². The normalized spacial score (nSPS) is 15.1. The van der Waals surface area contributed by atoms with Gasteiger partial charge in [0.2, 0.25) is 10.0 Å². The van der Waals surface area contributed by atoms with E-state index >= 15 is 0 Å². The van der Waals surface area contributed by atoms with Gasteiger partial charge in [-0.05, 0) is 21.0 Å². The number of hydrogen-bond acceptors (Lipinski definition) is 3. The maximum atomic E-state index is 11.6. The SMILES string of the molecule is CCN(C(C)CN(C)C)S(=O)(=O)CBr. The zero-order valence-corrected chi connectivity index (χ0v) is 11.6. The molecule has 0 rings (SSSR count). The molecule has 0 spiro atoms. The number of likely N-dealkylation sites (N-methyl/N-ethyl adjacent to an activating group) is 2. The van der Waals surface area contributed by atoms with Crippen LogP contribution < -0.4 is 0 Å². The molecule has 0 saturated carbocycles. The summed E-state index contributed by atoms with van der Waals surface area (Å²) in [5.74, 6) is 0. The second-order valence-corrected chi connectivity index (χ2v) is 6.76. The fourth-order valence-corrected chi connectivity index (χ4v) is 3.39. The van der Waals surface area contributed by atoms with Gasteiger partial charge in [0.1, 0.15) is 4.66 Å². The molecule has 0 amide bonds. The molecule has 0 aliphatic carbocycles. The molecule has 0 aromatic rings. The van der Waals surface area contributed by atoms with Crippen molar-refractivity contribution in [3.8, 4) is 0 Å². The number of rotatable bonds is 6. The maximum Gasteiger partial charge on any atom is 0.224 e. The van der Waals surface area contributed by atoms with Crippen LogP contribution in [-0.2, 0) is 10.0 Å². The van der Waals surface area contributed by atoms with Crippen LogP contribution in [0.1, 0.15) is 13.8 Å². The smallest absolute Gasteiger partial charge is 0.224 e. The molecule has 0 N–H and O–H groups in total. The summed E-state index contributed by atoms with van der Waals surface area (Å²) in [6.45, 7) is 5.03. The van der Waals surface area contributed by atoms with Crippen LogP contribution in [0.5, 0.6) is 0 Å². The molecule has 0 aromatic heterocycles. The number of hydrogen-bond donors (Lipinski definition) is 0. The van der Waals surface area contributed by atoms with Gasteiger partial charge in [0, 0.05) is 19.1 Å². The minimum absolute atomic E-state index is 0.00832. The van der Waals surface area contributed by atoms with Crippen molar-refractivity contribution in [2.75, 3.05) is 31.8 Å². The fourth-order valence-electron chi connectivity index (χ4n) is 1.46. The summed E-state index contributed by atoms with van der Waals surface area (Å²) in [4.78, 5) is 1.98. The van der Waals surface area contributed by atoms with Crippen molar-refractivity contribution in [1.82, 2.24) is 9.21 Å². The molecular formula is C8H19BrN2O2S. The Morgan fingerprint density at radius 2 is 1.86 bits per heavy atom. The average Bonchev–Trinajstić information content (AvgIpc) is 2.03. The second kappa shape index (κ2) is 6.05. The van der Waals surface area contributed by atoms with Gasteiger partial charge in [0.25, 0.3) is 0 Å². The Bertz CT molecular complexity index is 254. The highest BCUT2D eigenvalue weighted by Crippen LogP contribution is 2.10. The van der Waals surface area contributed by atoms with E-state index in [1.807, 2.05) is 32.8 Å². The minimum atomic E-state index is -3.13. The van der Waals surface area contributed by atoms with E-state index in [0.717, 1.165) is 6.54 Å². The predicted molar refractivity (Wildman–Crippen MR) is 63.1 cm³/mol. The minimum Gasteiger partial charge on any atom is -0.308 e. The zero-order chi connectivity index (χ0) is 11.4. The van der Waals surface area contributed by atoms with Crippen molar-refractivity contribution >= 4 is 26.0 Å². The van der Waals surface area contributed by atoms with Gasteiger partial charge in [-0.15, -0.1) is 0 Å². The van der Waals surface area contributed by atoms with Crippen LogP contribution in [0.25, 0.3) is 0 Å². The van der Waals surface area contributed by atoms with Gasteiger partial charge in [0.15, 0.2) is 0 Å². The van der Waals surface area contributed by atoms with Crippen molar-refractivity contribution < 1.29 is 8.42 Å². The Labute approximate surface area is 95.4 Å². The number of sulfonamides is 1. The molecule has 1 unspecified atom stereocenters. The van der Waals surface area contributed by atoms with Crippen molar-refractivity contribution in [1.29, 1.82) is 0 Å². The van der Waals surface area contributed by atoms with Gasteiger partial charge < -0.3 is 4.90 Å². The summed E-state index contributed by atoms with van der Waals surface area (Å²) in [7, 11) is 0.739. The third kappa shape index (κ3) is 4.25. The lowest BCUT2D eigenvalue weighted by atomic mass is 10.3. The van der Waals surface area contributed by atoms with E-state index in [4.69, 9.17) is 0 Å². The maximum absolute atomic E-state index is 11.6. The topological polar surface area (TPSA) is 40.6 Å². The van der Waals surface area contributed by atoms with Crippen LogP contribution in [0.2, 0.25) is 0 Å². The third-order valence-electron chi connectivity index (χ3n) is 1.93. The van der Waals surface area contributed by atoms with E-state index in [2.05, 4.69) is 15.9 Å². The van der Waals surface area contributed by atoms with Gasteiger partial charge in [-0.25, -0.2) is 8.42 Å². The first kappa shape index (κ1) is 14.3. The molecule has 0 heterocycles. The van der Waals surface area contributed by atoms with E-state index in [0.29, 0.717) is 6.54 Å². The second-order valence-electron chi connectivity index (χ2n) is 3.54. The highest BCUT2D eigenvalue weighted by molar-refractivity contribution is 9.10. The van der Waals surface area contributed by atoms with Crippen molar-refractivity contribution in [2.45, 2.75) is 19.9 Å². The largest absolute Gasteiger partial charge is 0.308 e. The quantitative estimate of drug-likeness (QED) is 0.683. The van der Waals surface area contributed by atoms with Crippen molar-refractivity contribution in [3.63, 3.8) is 0 Å². The van der Waals surface area contributed by atoms with E-state index in [9.17, 15) is 8.42 Å². The summed E-state index contributed by atoms with van der Waals surface area (Å²) >= 11 is 3.00. The molecule has 14 heavy (non-hydrogen) atoms. The first-order chi connectivity index (χ1) is 6.35. The van der Waals surface area contributed by atoms with E-state index < -0.39 is 10.0 Å². The number of halogens is 1. The van der Waals surface area contributed by atoms with Gasteiger partial charge >= 0.3 is 0 Å². The van der Waals surface area contributed by atoms with E-state index in [1.165, 1.54) is 4.31 Å². The van der Waals surface area contributed by atoms with Gasteiger partial charge in [-0.1, -0.05) is 22.9 Å². The Balaban J connectivity index is 4.57. The van der Waals surface area contributed by atoms with E-state index in [-0.39, 0.29) is 10.7 Å². The summed E-state index contributed by atoms with van der Waals surface area (Å²) in [5, 5.41) is 0. The van der Waals surface area contributed by atoms with Gasteiger partial charge in [0.05, 0.1) is 0 Å². The van der Waals surface area contributed by atoms with Crippen LogP contribution in [0.3, 0.4) is 0 Å². The number of alkyl halides is 1. The van der Waals surface area contributed by atoms with Crippen LogP contribution in [0, 0.1) is 0 Å². The monoisotopic (exact) mass is 286 g/mol. The molecule has 0 aliphatic heterocycles. The lowest BCUT2D eigenvalue weighted by Gasteiger charge is -2.28. The zero-order valence-electron chi connectivity index (χ0n) is 9.20. The Morgan fingerprint density at radius 1 is 1.36 bits per heavy atom. The molecule has 1 atom stereocenters. The molecule has 0 fully saturated rings. The number of nitrogens with zero attached hydrogens (tertiary/aromatic N) is 2. The molecular weight excluding hydrogens is 268 g/mol. The van der Waals surface area contributed by atoms with Crippen molar-refractivity contribution in [2.24, 2.45) is 0 Å². The van der Waals surface area contributed by atoms with Gasteiger partial charge in [-0.2, -0.15) is 4.31 Å². The lowest BCUT2D eigenvalue weighted by Crippen LogP contribution is -2.43. The fraction of sp³-hybridized carbons (Fsp3) is 1.00. The summed E-state index contributed by atoms with van der Waals surface area (Å²) in [5.41, 5.74) is 0.